The number of aryl methyl sites for hydroxylation is 1. The quantitative estimate of drug-likeness (QED) is 0.900. The zero-order valence-corrected chi connectivity index (χ0v) is 15.9. The van der Waals surface area contributed by atoms with Crippen LogP contribution in [0.3, 0.4) is 0 Å². The summed E-state index contributed by atoms with van der Waals surface area (Å²) >= 11 is 0. The average molecular weight is 365 g/mol. The van der Waals surface area contributed by atoms with E-state index in [1.54, 1.807) is 0 Å². The van der Waals surface area contributed by atoms with E-state index in [-0.39, 0.29) is 5.92 Å². The van der Waals surface area contributed by atoms with E-state index < -0.39 is 0 Å². The van der Waals surface area contributed by atoms with Crippen molar-refractivity contribution >= 4 is 23.4 Å². The van der Waals surface area contributed by atoms with Crippen LogP contribution in [0.5, 0.6) is 0 Å². The molecule has 1 aromatic carbocycles. The second-order valence-electron chi connectivity index (χ2n) is 7.48. The second kappa shape index (κ2) is 7.94. The Balaban J connectivity index is 1.41. The molecular weight excluding hydrogens is 338 g/mol. The Hall–Kier alpha value is -2.63. The number of nitrogens with one attached hydrogen (secondary N) is 1. The van der Waals surface area contributed by atoms with Crippen molar-refractivity contribution in [1.82, 2.24) is 14.9 Å². The molecule has 27 heavy (non-hydrogen) atoms. The van der Waals surface area contributed by atoms with Gasteiger partial charge in [0.15, 0.2) is 0 Å². The zero-order valence-electron chi connectivity index (χ0n) is 15.9. The van der Waals surface area contributed by atoms with Gasteiger partial charge in [0.2, 0.25) is 11.9 Å². The van der Waals surface area contributed by atoms with Gasteiger partial charge in [0.25, 0.3) is 0 Å². The molecule has 0 radical (unpaired) electrons. The van der Waals surface area contributed by atoms with Crippen molar-refractivity contribution in [3.63, 3.8) is 0 Å². The van der Waals surface area contributed by atoms with E-state index in [1.807, 2.05) is 48.2 Å². The van der Waals surface area contributed by atoms with Gasteiger partial charge in [-0.3, -0.25) is 4.79 Å². The first-order valence-electron chi connectivity index (χ1n) is 9.90. The molecule has 0 atom stereocenters. The van der Waals surface area contributed by atoms with Crippen LogP contribution < -0.4 is 10.2 Å². The summed E-state index contributed by atoms with van der Waals surface area (Å²) in [6.45, 7) is 5.07. The SMILES string of the molecule is Cc1cc(Nc2ccccc2)nc(N2CCN(C(=O)C3CCCC3)CC2)n1. The maximum atomic E-state index is 12.6. The molecule has 2 heterocycles. The van der Waals surface area contributed by atoms with Crippen molar-refractivity contribution in [3.05, 3.63) is 42.1 Å². The monoisotopic (exact) mass is 365 g/mol. The summed E-state index contributed by atoms with van der Waals surface area (Å²) in [7, 11) is 0. The number of benzene rings is 1. The number of para-hydroxylation sites is 1. The fourth-order valence-electron chi connectivity index (χ4n) is 3.99. The number of carbonyl (C=O) groups is 1. The normalized spacial score (nSPS) is 18.0. The molecule has 0 unspecified atom stereocenters. The lowest BCUT2D eigenvalue weighted by Gasteiger charge is -2.36. The van der Waals surface area contributed by atoms with Gasteiger partial charge in [-0.1, -0.05) is 31.0 Å². The Bertz CT molecular complexity index is 780. The van der Waals surface area contributed by atoms with Crippen molar-refractivity contribution in [2.45, 2.75) is 32.6 Å². The largest absolute Gasteiger partial charge is 0.340 e. The van der Waals surface area contributed by atoms with Crippen molar-refractivity contribution in [1.29, 1.82) is 0 Å². The summed E-state index contributed by atoms with van der Waals surface area (Å²) in [5, 5.41) is 3.35. The van der Waals surface area contributed by atoms with Crippen LogP contribution in [-0.2, 0) is 4.79 Å². The Kier molecular flexibility index (Phi) is 5.23. The predicted octanol–water partition coefficient (Wildman–Crippen LogP) is 3.37. The molecule has 1 aliphatic carbocycles. The molecule has 1 aliphatic heterocycles. The average Bonchev–Trinajstić information content (AvgIpc) is 3.23. The van der Waals surface area contributed by atoms with Gasteiger partial charge in [-0.25, -0.2) is 4.98 Å². The highest BCUT2D eigenvalue weighted by molar-refractivity contribution is 5.79. The van der Waals surface area contributed by atoms with Gasteiger partial charge in [0, 0.05) is 49.5 Å². The first-order valence-corrected chi connectivity index (χ1v) is 9.90. The number of aromatic nitrogens is 2. The molecule has 1 saturated carbocycles. The van der Waals surface area contributed by atoms with Crippen molar-refractivity contribution in [2.24, 2.45) is 5.92 Å². The number of nitrogens with zero attached hydrogens (tertiary/aromatic N) is 4. The maximum Gasteiger partial charge on any atom is 0.227 e. The minimum Gasteiger partial charge on any atom is -0.340 e. The van der Waals surface area contributed by atoms with E-state index >= 15 is 0 Å². The number of rotatable bonds is 4. The van der Waals surface area contributed by atoms with E-state index in [0.717, 1.165) is 62.2 Å². The second-order valence-corrected chi connectivity index (χ2v) is 7.48. The summed E-state index contributed by atoms with van der Waals surface area (Å²) in [6.07, 6.45) is 4.53. The number of hydrogen-bond donors (Lipinski definition) is 1. The summed E-state index contributed by atoms with van der Waals surface area (Å²) in [5.41, 5.74) is 1.94. The summed E-state index contributed by atoms with van der Waals surface area (Å²) < 4.78 is 0. The van der Waals surface area contributed by atoms with Gasteiger partial charge in [0.05, 0.1) is 0 Å². The van der Waals surface area contributed by atoms with Gasteiger partial charge in [-0.05, 0) is 31.9 Å². The predicted molar refractivity (Wildman–Crippen MR) is 107 cm³/mol. The lowest BCUT2D eigenvalue weighted by Crippen LogP contribution is -2.50. The standard InChI is InChI=1S/C21H27N5O/c1-16-15-19(23-18-9-3-2-4-10-18)24-21(22-16)26-13-11-25(12-14-26)20(27)17-7-5-6-8-17/h2-4,9-10,15,17H,5-8,11-14H2,1H3,(H,22,23,24). The van der Waals surface area contributed by atoms with Crippen molar-refractivity contribution in [2.75, 3.05) is 36.4 Å². The number of anilines is 3. The lowest BCUT2D eigenvalue weighted by molar-refractivity contribution is -0.135. The fraction of sp³-hybridized carbons (Fsp3) is 0.476. The molecule has 2 aromatic rings. The molecule has 142 valence electrons. The number of hydrogen-bond acceptors (Lipinski definition) is 5. The first kappa shape index (κ1) is 17.8. The Morgan fingerprint density at radius 1 is 1.04 bits per heavy atom. The Morgan fingerprint density at radius 2 is 1.74 bits per heavy atom. The van der Waals surface area contributed by atoms with Crippen molar-refractivity contribution < 1.29 is 4.79 Å². The number of amides is 1. The molecule has 1 N–H and O–H groups in total. The zero-order chi connectivity index (χ0) is 18.6. The molecule has 1 aromatic heterocycles. The molecule has 2 aliphatic rings. The van der Waals surface area contributed by atoms with E-state index in [9.17, 15) is 4.79 Å². The molecule has 1 saturated heterocycles. The summed E-state index contributed by atoms with van der Waals surface area (Å²) in [5.74, 6) is 2.15. The summed E-state index contributed by atoms with van der Waals surface area (Å²) in [4.78, 5) is 26.2. The fourth-order valence-corrected chi connectivity index (χ4v) is 3.99. The minimum absolute atomic E-state index is 0.258. The van der Waals surface area contributed by atoms with Gasteiger partial charge < -0.3 is 15.1 Å². The highest BCUT2D eigenvalue weighted by atomic mass is 16.2. The summed E-state index contributed by atoms with van der Waals surface area (Å²) in [6, 6.07) is 12.0. The molecule has 2 fully saturated rings. The Labute approximate surface area is 160 Å². The third-order valence-electron chi connectivity index (χ3n) is 5.47. The molecule has 1 amide bonds. The van der Waals surface area contributed by atoms with Crippen LogP contribution in [0, 0.1) is 12.8 Å². The van der Waals surface area contributed by atoms with Gasteiger partial charge in [-0.15, -0.1) is 0 Å². The topological polar surface area (TPSA) is 61.4 Å². The minimum atomic E-state index is 0.258. The van der Waals surface area contributed by atoms with Crippen LogP contribution in [0.4, 0.5) is 17.5 Å². The van der Waals surface area contributed by atoms with Crippen LogP contribution in [0.15, 0.2) is 36.4 Å². The van der Waals surface area contributed by atoms with Gasteiger partial charge in [-0.2, -0.15) is 4.98 Å². The smallest absolute Gasteiger partial charge is 0.227 e. The Morgan fingerprint density at radius 3 is 2.44 bits per heavy atom. The lowest BCUT2D eigenvalue weighted by atomic mass is 10.1. The van der Waals surface area contributed by atoms with Gasteiger partial charge >= 0.3 is 0 Å². The first-order chi connectivity index (χ1) is 13.2. The van der Waals surface area contributed by atoms with Crippen LogP contribution in [0.2, 0.25) is 0 Å². The van der Waals surface area contributed by atoms with Gasteiger partial charge in [0.1, 0.15) is 5.82 Å². The van der Waals surface area contributed by atoms with E-state index in [2.05, 4.69) is 15.2 Å². The molecule has 0 spiro atoms. The molecular formula is C21H27N5O. The number of piperazine rings is 1. The maximum absolute atomic E-state index is 12.6. The molecule has 4 rings (SSSR count). The molecule has 6 nitrogen and oxygen atoms in total. The highest BCUT2D eigenvalue weighted by Crippen LogP contribution is 2.27. The van der Waals surface area contributed by atoms with E-state index in [1.165, 1.54) is 12.8 Å². The van der Waals surface area contributed by atoms with E-state index in [0.29, 0.717) is 5.91 Å². The third kappa shape index (κ3) is 4.21. The third-order valence-corrected chi connectivity index (χ3v) is 5.47. The van der Waals surface area contributed by atoms with E-state index in [4.69, 9.17) is 4.98 Å². The molecule has 0 bridgehead atoms. The number of carbonyl (C=O) groups excluding carboxylic acids is 1. The van der Waals surface area contributed by atoms with Crippen LogP contribution >= 0.6 is 0 Å². The van der Waals surface area contributed by atoms with Crippen LogP contribution in [0.25, 0.3) is 0 Å². The van der Waals surface area contributed by atoms with Crippen LogP contribution in [-0.4, -0.2) is 47.0 Å². The van der Waals surface area contributed by atoms with Crippen molar-refractivity contribution in [3.8, 4) is 0 Å². The van der Waals surface area contributed by atoms with Crippen LogP contribution in [0.1, 0.15) is 31.4 Å². The highest BCUT2D eigenvalue weighted by Gasteiger charge is 2.30. The molecule has 6 heteroatoms.